The lowest BCUT2D eigenvalue weighted by Gasteiger charge is -2.30. The number of amidine groups is 1. The van der Waals surface area contributed by atoms with Crippen LogP contribution >= 0.6 is 0 Å². The van der Waals surface area contributed by atoms with E-state index in [-0.39, 0.29) is 17.6 Å². The van der Waals surface area contributed by atoms with Gasteiger partial charge in [0, 0.05) is 35.5 Å². The third kappa shape index (κ3) is 7.25. The highest BCUT2D eigenvalue weighted by atomic mass is 19.4. The zero-order chi connectivity index (χ0) is 27.4. The summed E-state index contributed by atoms with van der Waals surface area (Å²) in [5.41, 5.74) is 5.11. The van der Waals surface area contributed by atoms with Crippen molar-refractivity contribution in [2.24, 2.45) is 5.73 Å². The summed E-state index contributed by atoms with van der Waals surface area (Å²) in [6, 6.07) is 11.2. The molecule has 2 aromatic heterocycles. The highest BCUT2D eigenvalue weighted by Crippen LogP contribution is 2.30. The number of alkyl halides is 3. The molecule has 0 spiro atoms. The number of pyridine rings is 2. The highest BCUT2D eigenvalue weighted by molar-refractivity contribution is 5.95. The van der Waals surface area contributed by atoms with Gasteiger partial charge in [0.05, 0.1) is 11.8 Å². The number of benzene rings is 1. The maximum Gasteiger partial charge on any atom is 0.417 e. The summed E-state index contributed by atoms with van der Waals surface area (Å²) >= 11 is 0. The molecule has 0 radical (unpaired) electrons. The van der Waals surface area contributed by atoms with Crippen molar-refractivity contribution in [3.8, 4) is 5.88 Å². The normalized spacial score (nSPS) is 13.5. The van der Waals surface area contributed by atoms with Gasteiger partial charge in [0.2, 0.25) is 5.88 Å². The largest absolute Gasteiger partial charge is 0.462 e. The van der Waals surface area contributed by atoms with E-state index in [1.807, 2.05) is 6.07 Å². The summed E-state index contributed by atoms with van der Waals surface area (Å²) in [5, 5.41) is 10.6. The van der Waals surface area contributed by atoms with Gasteiger partial charge in [-0.15, -0.1) is 0 Å². The quantitative estimate of drug-likeness (QED) is 0.218. The van der Waals surface area contributed by atoms with E-state index in [2.05, 4.69) is 15.3 Å². The first-order valence-electron chi connectivity index (χ1n) is 11.3. The van der Waals surface area contributed by atoms with Crippen LogP contribution in [0.15, 0.2) is 60.9 Å². The number of carbonyl (C=O) groups is 1. The van der Waals surface area contributed by atoms with E-state index in [9.17, 15) is 22.4 Å². The number of nitrogen functional groups attached to an aromatic ring is 1. The van der Waals surface area contributed by atoms with Crippen LogP contribution in [0.4, 0.5) is 17.6 Å². The number of amides is 1. The van der Waals surface area contributed by atoms with Gasteiger partial charge in [-0.25, -0.2) is 9.37 Å². The number of rotatable bonds is 9. The third-order valence-corrected chi connectivity index (χ3v) is 5.78. The molecule has 2 atom stereocenters. The van der Waals surface area contributed by atoms with Crippen molar-refractivity contribution in [3.63, 3.8) is 0 Å². The second-order valence-electron chi connectivity index (χ2n) is 9.07. The monoisotopic (exact) mass is 517 g/mol. The Morgan fingerprint density at radius 3 is 2.41 bits per heavy atom. The van der Waals surface area contributed by atoms with E-state index in [0.717, 1.165) is 23.9 Å². The minimum absolute atomic E-state index is 0.115. The molecule has 1 amide bonds. The second kappa shape index (κ2) is 10.9. The molecule has 0 bridgehead atoms. The second-order valence-corrected chi connectivity index (χ2v) is 9.07. The Balaban J connectivity index is 1.81. The first kappa shape index (κ1) is 27.6. The molecule has 0 aliphatic heterocycles. The van der Waals surface area contributed by atoms with E-state index in [4.69, 9.17) is 15.9 Å². The highest BCUT2D eigenvalue weighted by Gasteiger charge is 2.35. The van der Waals surface area contributed by atoms with Gasteiger partial charge in [-0.05, 0) is 57.0 Å². The van der Waals surface area contributed by atoms with E-state index in [0.29, 0.717) is 23.9 Å². The predicted molar refractivity (Wildman–Crippen MR) is 130 cm³/mol. The van der Waals surface area contributed by atoms with Crippen molar-refractivity contribution >= 4 is 11.7 Å². The lowest BCUT2D eigenvalue weighted by atomic mass is 9.86. The van der Waals surface area contributed by atoms with Gasteiger partial charge >= 0.3 is 6.18 Å². The molecule has 7 nitrogen and oxygen atoms in total. The number of nitrogens with two attached hydrogens (primary N) is 1. The standard InChI is InChI=1S/C26H27F4N5O2/c1-15(35-24(36)25(2,3)37-22-10-7-18(13-34-22)26(28,29)30)21(12-20-9-8-19(27)14-33-20)16-5-4-6-17(11-16)23(31)32/h4-11,13-15,21H,12H2,1-3H3,(H3,31,32)(H,35,36). The Hall–Kier alpha value is -4.02. The molecule has 11 heteroatoms. The van der Waals surface area contributed by atoms with Gasteiger partial charge in [0.1, 0.15) is 11.7 Å². The van der Waals surface area contributed by atoms with Crippen LogP contribution in [0.3, 0.4) is 0 Å². The smallest absolute Gasteiger partial charge is 0.417 e. The van der Waals surface area contributed by atoms with Gasteiger partial charge in [-0.2, -0.15) is 13.2 Å². The topological polar surface area (TPSA) is 114 Å². The zero-order valence-electron chi connectivity index (χ0n) is 20.4. The number of halogens is 4. The Labute approximate surface area is 211 Å². The minimum Gasteiger partial charge on any atom is -0.462 e. The number of hydrogen-bond acceptors (Lipinski definition) is 5. The van der Waals surface area contributed by atoms with Gasteiger partial charge in [-0.1, -0.05) is 18.2 Å². The number of aromatic nitrogens is 2. The maximum absolute atomic E-state index is 13.4. The fourth-order valence-electron chi connectivity index (χ4n) is 3.67. The van der Waals surface area contributed by atoms with E-state index >= 15 is 0 Å². The lowest BCUT2D eigenvalue weighted by molar-refractivity contribution is -0.138. The van der Waals surface area contributed by atoms with E-state index in [1.54, 1.807) is 31.2 Å². The van der Waals surface area contributed by atoms with Gasteiger partial charge < -0.3 is 15.8 Å². The number of hydrogen-bond donors (Lipinski definition) is 3. The SMILES string of the molecule is CC(NC(=O)C(C)(C)Oc1ccc(C(F)(F)F)cn1)C(Cc1ccc(F)cn1)c1cccc(C(=N)N)c1. The summed E-state index contributed by atoms with van der Waals surface area (Å²) in [5.74, 6) is -1.60. The average molecular weight is 518 g/mol. The number of ether oxygens (including phenoxy) is 1. The van der Waals surface area contributed by atoms with E-state index < -0.39 is 35.1 Å². The molecule has 2 unspecified atom stereocenters. The fourth-order valence-corrected chi connectivity index (χ4v) is 3.67. The number of carbonyl (C=O) groups excluding carboxylic acids is 1. The average Bonchev–Trinajstić information content (AvgIpc) is 2.83. The maximum atomic E-state index is 13.4. The molecular formula is C26H27F4N5O2. The molecule has 3 aromatic rings. The first-order chi connectivity index (χ1) is 17.3. The fraction of sp³-hybridized carbons (Fsp3) is 0.308. The van der Waals surface area contributed by atoms with Crippen LogP contribution in [0, 0.1) is 11.2 Å². The number of nitrogens with one attached hydrogen (secondary N) is 2. The van der Waals surface area contributed by atoms with Crippen LogP contribution in [-0.2, 0) is 17.4 Å². The van der Waals surface area contributed by atoms with Gasteiger partial charge in [0.25, 0.3) is 5.91 Å². The molecular weight excluding hydrogens is 490 g/mol. The first-order valence-corrected chi connectivity index (χ1v) is 11.3. The molecule has 0 saturated carbocycles. The Bertz CT molecular complexity index is 1250. The molecule has 1 aromatic carbocycles. The van der Waals surface area contributed by atoms with E-state index in [1.165, 1.54) is 19.9 Å². The lowest BCUT2D eigenvalue weighted by Crippen LogP contribution is -2.51. The van der Waals surface area contributed by atoms with Crippen molar-refractivity contribution in [3.05, 3.63) is 89.1 Å². The van der Waals surface area contributed by atoms with Crippen molar-refractivity contribution in [2.45, 2.75) is 50.9 Å². The van der Waals surface area contributed by atoms with Crippen LogP contribution < -0.4 is 15.8 Å². The van der Waals surface area contributed by atoms with Crippen LogP contribution in [0.1, 0.15) is 49.1 Å². The van der Waals surface area contributed by atoms with Crippen LogP contribution in [0.2, 0.25) is 0 Å². The Kier molecular flexibility index (Phi) is 8.15. The van der Waals surface area contributed by atoms with Crippen molar-refractivity contribution in [1.82, 2.24) is 15.3 Å². The summed E-state index contributed by atoms with van der Waals surface area (Å²) in [7, 11) is 0. The summed E-state index contributed by atoms with van der Waals surface area (Å²) < 4.78 is 57.4. The molecule has 2 heterocycles. The zero-order valence-corrected chi connectivity index (χ0v) is 20.4. The van der Waals surface area contributed by atoms with Crippen LogP contribution in [-0.4, -0.2) is 33.4 Å². The summed E-state index contributed by atoms with van der Waals surface area (Å²) in [6.45, 7) is 4.72. The molecule has 0 saturated heterocycles. The van der Waals surface area contributed by atoms with Gasteiger partial charge in [0.15, 0.2) is 5.60 Å². The molecule has 0 fully saturated rings. The van der Waals surface area contributed by atoms with Crippen molar-refractivity contribution in [1.29, 1.82) is 5.41 Å². The molecule has 4 N–H and O–H groups in total. The van der Waals surface area contributed by atoms with Crippen molar-refractivity contribution in [2.75, 3.05) is 0 Å². The van der Waals surface area contributed by atoms with Crippen LogP contribution in [0.5, 0.6) is 5.88 Å². The van der Waals surface area contributed by atoms with Crippen molar-refractivity contribution < 1.29 is 27.1 Å². The molecule has 0 aliphatic rings. The summed E-state index contributed by atoms with van der Waals surface area (Å²) in [6.07, 6.45) is -2.46. The molecule has 3 rings (SSSR count). The molecule has 0 aliphatic carbocycles. The third-order valence-electron chi connectivity index (χ3n) is 5.78. The Morgan fingerprint density at radius 2 is 1.84 bits per heavy atom. The molecule has 196 valence electrons. The Morgan fingerprint density at radius 1 is 1.11 bits per heavy atom. The summed E-state index contributed by atoms with van der Waals surface area (Å²) in [4.78, 5) is 20.9. The van der Waals surface area contributed by atoms with Gasteiger partial charge in [-0.3, -0.25) is 15.2 Å². The predicted octanol–water partition coefficient (Wildman–Crippen LogP) is 4.61. The minimum atomic E-state index is -4.54. The molecule has 37 heavy (non-hydrogen) atoms. The van der Waals surface area contributed by atoms with Crippen LogP contribution in [0.25, 0.3) is 0 Å². The number of nitrogens with zero attached hydrogens (tertiary/aromatic N) is 2.